The molecule has 0 saturated carbocycles. The molecule has 0 fully saturated rings. The summed E-state index contributed by atoms with van der Waals surface area (Å²) >= 11 is 0. The van der Waals surface area contributed by atoms with E-state index in [1.54, 1.807) is 0 Å². The highest BCUT2D eigenvalue weighted by atomic mass is 16.3. The lowest BCUT2D eigenvalue weighted by Gasteiger charge is -2.09. The Bertz CT molecular complexity index is 3240. The summed E-state index contributed by atoms with van der Waals surface area (Å²) in [6.45, 7) is 2.25. The monoisotopic (exact) mass is 602 g/mol. The van der Waals surface area contributed by atoms with E-state index in [4.69, 9.17) is 8.83 Å². The highest BCUT2D eigenvalue weighted by Crippen LogP contribution is 2.46. The predicted molar refractivity (Wildman–Crippen MR) is 194 cm³/mol. The molecule has 0 bridgehead atoms. The molecule has 5 aromatic heterocycles. The van der Waals surface area contributed by atoms with Gasteiger partial charge in [0.2, 0.25) is 0 Å². The third-order valence-corrected chi connectivity index (χ3v) is 10.7. The van der Waals surface area contributed by atoms with E-state index in [2.05, 4.69) is 131 Å². The van der Waals surface area contributed by atoms with E-state index in [-0.39, 0.29) is 0 Å². The molecule has 220 valence electrons. The second kappa shape index (κ2) is 8.23. The van der Waals surface area contributed by atoms with Crippen LogP contribution in [0, 0.1) is 5.92 Å². The second-order valence-electron chi connectivity index (χ2n) is 13.3. The van der Waals surface area contributed by atoms with Gasteiger partial charge in [0, 0.05) is 59.4 Å². The first kappa shape index (κ1) is 24.3. The van der Waals surface area contributed by atoms with Gasteiger partial charge in [0.15, 0.2) is 11.2 Å². The summed E-state index contributed by atoms with van der Waals surface area (Å²) < 4.78 is 18.4. The largest absolute Gasteiger partial charge is 0.454 e. The zero-order valence-electron chi connectivity index (χ0n) is 25.5. The van der Waals surface area contributed by atoms with Crippen LogP contribution in [0.5, 0.6) is 0 Å². The van der Waals surface area contributed by atoms with E-state index in [9.17, 15) is 0 Å². The molecule has 11 aromatic rings. The van der Waals surface area contributed by atoms with Crippen LogP contribution < -0.4 is 10.6 Å². The molecule has 4 nitrogen and oxygen atoms in total. The number of benzene rings is 6. The van der Waals surface area contributed by atoms with E-state index in [0.29, 0.717) is 5.92 Å². The van der Waals surface area contributed by atoms with Gasteiger partial charge in [0.05, 0.1) is 27.6 Å². The minimum Gasteiger partial charge on any atom is -0.454 e. The van der Waals surface area contributed by atoms with Crippen molar-refractivity contribution in [2.45, 2.75) is 13.3 Å². The molecule has 0 aliphatic heterocycles. The highest BCUT2D eigenvalue weighted by molar-refractivity contribution is 6.31. The molecular weight excluding hydrogens is 576 g/mol. The number of furan rings is 2. The van der Waals surface area contributed by atoms with Gasteiger partial charge < -0.3 is 17.8 Å². The fourth-order valence-corrected chi connectivity index (χ4v) is 8.74. The average Bonchev–Trinajstić information content (AvgIpc) is 3.89. The van der Waals surface area contributed by atoms with Gasteiger partial charge >= 0.3 is 0 Å². The van der Waals surface area contributed by atoms with Crippen molar-refractivity contribution in [1.29, 1.82) is 0 Å². The van der Waals surface area contributed by atoms with Crippen LogP contribution in [0.4, 0.5) is 0 Å². The van der Waals surface area contributed by atoms with Gasteiger partial charge in [0.25, 0.3) is 0 Å². The fraction of sp³-hybridized carbons (Fsp3) is 0.0698. The fourth-order valence-electron chi connectivity index (χ4n) is 8.74. The van der Waals surface area contributed by atoms with Crippen LogP contribution in [0.15, 0.2) is 118 Å². The molecule has 5 heterocycles. The summed E-state index contributed by atoms with van der Waals surface area (Å²) in [5, 5.41) is 12.0. The van der Waals surface area contributed by atoms with E-state index >= 15 is 0 Å². The first-order valence-corrected chi connectivity index (χ1v) is 16.4. The lowest BCUT2D eigenvalue weighted by Crippen LogP contribution is -2.24. The molecule has 0 spiro atoms. The smallest absolute Gasteiger partial charge is 0.160 e. The third kappa shape index (κ3) is 2.86. The van der Waals surface area contributed by atoms with E-state index < -0.39 is 0 Å². The summed E-state index contributed by atoms with van der Waals surface area (Å²) in [4.78, 5) is 0. The lowest BCUT2D eigenvalue weighted by atomic mass is 10.0. The maximum absolute atomic E-state index is 6.83. The summed E-state index contributed by atoms with van der Waals surface area (Å²) in [6, 6.07) is 39.7. The summed E-state index contributed by atoms with van der Waals surface area (Å²) in [6.07, 6.45) is 5.66. The van der Waals surface area contributed by atoms with E-state index in [0.717, 1.165) is 56.1 Å². The molecular formula is C43H26N2O2. The standard InChI is InChI=1S/C43H26N2O2/c1-23-14-15-28-32-19-17-30-34-22-24(44-35-11-5-2-8-25(35)26-9-3-6-12-36(26)44)21-33-29-16-18-31-27-10-4-7-13-37(27)46-42(31)40(29)45(39(33)34)41(30)43(32)47-38(28)20-23/h2-13,15-23H,14H2,1H3. The van der Waals surface area contributed by atoms with Crippen LogP contribution in [0.2, 0.25) is 0 Å². The van der Waals surface area contributed by atoms with Gasteiger partial charge in [-0.1, -0.05) is 79.7 Å². The first-order valence-electron chi connectivity index (χ1n) is 16.4. The van der Waals surface area contributed by atoms with Crippen LogP contribution in [-0.2, 0) is 0 Å². The molecule has 47 heavy (non-hydrogen) atoms. The Morgan fingerprint density at radius 2 is 1.15 bits per heavy atom. The number of nitrogens with zero attached hydrogens (tertiary/aromatic N) is 2. The van der Waals surface area contributed by atoms with Gasteiger partial charge in [-0.2, -0.15) is 0 Å². The average molecular weight is 603 g/mol. The van der Waals surface area contributed by atoms with Gasteiger partial charge in [-0.05, 0) is 60.9 Å². The Hall–Kier alpha value is -6.00. The maximum atomic E-state index is 6.83. The molecule has 1 aliphatic carbocycles. The number of para-hydroxylation sites is 3. The minimum absolute atomic E-state index is 0.455. The van der Waals surface area contributed by atoms with Crippen LogP contribution in [0.3, 0.4) is 0 Å². The number of rotatable bonds is 1. The predicted octanol–water partition coefficient (Wildman–Crippen LogP) is 10.2. The van der Waals surface area contributed by atoms with Crippen LogP contribution in [-0.4, -0.2) is 8.97 Å². The van der Waals surface area contributed by atoms with Crippen LogP contribution in [0.1, 0.15) is 13.3 Å². The Balaban J connectivity index is 1.35. The number of fused-ring (bicyclic) bond motifs is 17. The molecule has 12 rings (SSSR count). The van der Waals surface area contributed by atoms with Crippen molar-refractivity contribution in [2.75, 3.05) is 0 Å². The van der Waals surface area contributed by atoms with Crippen molar-refractivity contribution in [3.63, 3.8) is 0 Å². The highest BCUT2D eigenvalue weighted by Gasteiger charge is 2.26. The first-order chi connectivity index (χ1) is 23.2. The van der Waals surface area contributed by atoms with Crippen molar-refractivity contribution in [3.8, 4) is 5.69 Å². The zero-order chi connectivity index (χ0) is 30.5. The molecule has 0 amide bonds. The molecule has 0 radical (unpaired) electrons. The van der Waals surface area contributed by atoms with Crippen molar-refractivity contribution in [1.82, 2.24) is 8.97 Å². The van der Waals surface area contributed by atoms with Crippen molar-refractivity contribution < 1.29 is 8.83 Å². The van der Waals surface area contributed by atoms with Crippen molar-refractivity contribution >= 4 is 105 Å². The summed E-state index contributed by atoms with van der Waals surface area (Å²) in [5.74, 6) is 0.455. The van der Waals surface area contributed by atoms with Gasteiger partial charge in [-0.3, -0.25) is 0 Å². The zero-order valence-corrected chi connectivity index (χ0v) is 25.5. The Labute approximate surface area is 266 Å². The second-order valence-corrected chi connectivity index (χ2v) is 13.3. The molecule has 1 unspecified atom stereocenters. The molecule has 1 aliphatic rings. The Morgan fingerprint density at radius 1 is 0.553 bits per heavy atom. The van der Waals surface area contributed by atoms with Crippen LogP contribution in [0.25, 0.3) is 111 Å². The van der Waals surface area contributed by atoms with Gasteiger partial charge in [-0.15, -0.1) is 0 Å². The van der Waals surface area contributed by atoms with E-state index in [1.165, 1.54) is 59.5 Å². The van der Waals surface area contributed by atoms with Crippen molar-refractivity contribution in [3.05, 3.63) is 120 Å². The number of hydrogen-bond donors (Lipinski definition) is 0. The molecule has 0 N–H and O–H groups in total. The number of hydrogen-bond acceptors (Lipinski definition) is 2. The SMILES string of the molecule is CC1C=c2oc3c(ccc4c5cc(-n6c7ccccc7c7ccccc76)cc6c7ccc8c9ccccc9oc8c7n(c56)c43)c2=CC1. The maximum Gasteiger partial charge on any atom is 0.160 e. The van der Waals surface area contributed by atoms with Gasteiger partial charge in [-0.25, -0.2) is 0 Å². The Kier molecular flexibility index (Phi) is 4.25. The van der Waals surface area contributed by atoms with Gasteiger partial charge in [0.1, 0.15) is 11.0 Å². The summed E-state index contributed by atoms with van der Waals surface area (Å²) in [7, 11) is 0. The summed E-state index contributed by atoms with van der Waals surface area (Å²) in [5.41, 5.74) is 10.7. The third-order valence-electron chi connectivity index (χ3n) is 10.7. The quantitative estimate of drug-likeness (QED) is 0.187. The molecule has 4 heteroatoms. The lowest BCUT2D eigenvalue weighted by molar-refractivity contribution is 0.567. The molecule has 6 aromatic carbocycles. The van der Waals surface area contributed by atoms with Crippen molar-refractivity contribution in [2.24, 2.45) is 5.92 Å². The normalized spacial score (nSPS) is 15.4. The molecule has 1 atom stereocenters. The Morgan fingerprint density at radius 3 is 1.87 bits per heavy atom. The number of aromatic nitrogens is 2. The molecule has 0 saturated heterocycles. The van der Waals surface area contributed by atoms with Crippen LogP contribution >= 0.6 is 0 Å². The minimum atomic E-state index is 0.455. The van der Waals surface area contributed by atoms with E-state index in [1.807, 2.05) is 6.07 Å². The topological polar surface area (TPSA) is 35.6 Å².